The maximum absolute atomic E-state index is 13.3. The zero-order valence-electron chi connectivity index (χ0n) is 18.8. The molecule has 7 atom stereocenters. The van der Waals surface area contributed by atoms with Crippen molar-refractivity contribution in [2.24, 2.45) is 34.5 Å². The summed E-state index contributed by atoms with van der Waals surface area (Å²) >= 11 is 6.08. The summed E-state index contributed by atoms with van der Waals surface area (Å²) in [6, 6.07) is 0. The molecule has 166 valence electrons. The van der Waals surface area contributed by atoms with Crippen LogP contribution in [0.15, 0.2) is 11.6 Å². The van der Waals surface area contributed by atoms with E-state index in [2.05, 4.69) is 26.8 Å². The molecule has 0 heterocycles. The first-order valence-electron chi connectivity index (χ1n) is 11.7. The SMILES string of the molecule is CCC(=O)O[C@@]1(C(=O)CCl)[C@@H](C)C[C@H]2[C@@H]3CC[C@H]4CC(=O)CC[C@]4(C)C3=CC[C@@]21C. The van der Waals surface area contributed by atoms with Crippen LogP contribution >= 0.6 is 11.6 Å². The maximum Gasteiger partial charge on any atom is 0.306 e. The summed E-state index contributed by atoms with van der Waals surface area (Å²) in [5, 5.41) is 0. The number of ether oxygens (including phenoxy) is 1. The molecule has 0 unspecified atom stereocenters. The van der Waals surface area contributed by atoms with E-state index in [1.165, 1.54) is 5.57 Å². The smallest absolute Gasteiger partial charge is 0.306 e. The molecule has 5 heteroatoms. The van der Waals surface area contributed by atoms with E-state index in [4.69, 9.17) is 16.3 Å². The zero-order chi connectivity index (χ0) is 21.9. The normalized spacial score (nSPS) is 45.1. The van der Waals surface area contributed by atoms with Gasteiger partial charge in [0.25, 0.3) is 0 Å². The fraction of sp³-hybridized carbons (Fsp3) is 0.800. The molecule has 3 fully saturated rings. The molecule has 4 rings (SSSR count). The maximum atomic E-state index is 13.3. The topological polar surface area (TPSA) is 60.4 Å². The predicted molar refractivity (Wildman–Crippen MR) is 116 cm³/mol. The van der Waals surface area contributed by atoms with E-state index in [0.717, 1.165) is 32.1 Å². The van der Waals surface area contributed by atoms with Gasteiger partial charge in [-0.05, 0) is 55.3 Å². The third-order valence-corrected chi connectivity index (χ3v) is 9.73. The molecule has 0 saturated heterocycles. The number of hydrogen-bond acceptors (Lipinski definition) is 4. The monoisotopic (exact) mass is 434 g/mol. The van der Waals surface area contributed by atoms with Gasteiger partial charge in [0.2, 0.25) is 0 Å². The number of esters is 1. The Morgan fingerprint density at radius 3 is 2.67 bits per heavy atom. The summed E-state index contributed by atoms with van der Waals surface area (Å²) in [7, 11) is 0. The highest BCUT2D eigenvalue weighted by Gasteiger charge is 2.70. The number of allylic oxidation sites excluding steroid dienone is 2. The molecular weight excluding hydrogens is 400 g/mol. The van der Waals surface area contributed by atoms with Gasteiger partial charge in [-0.15, -0.1) is 11.6 Å². The van der Waals surface area contributed by atoms with Gasteiger partial charge >= 0.3 is 5.97 Å². The second-order valence-electron chi connectivity index (χ2n) is 10.7. The van der Waals surface area contributed by atoms with Gasteiger partial charge in [-0.3, -0.25) is 14.4 Å². The molecule has 0 aromatic heterocycles. The summed E-state index contributed by atoms with van der Waals surface area (Å²) in [5.74, 6) is 0.877. The van der Waals surface area contributed by atoms with Crippen molar-refractivity contribution in [1.82, 2.24) is 0 Å². The molecule has 0 N–H and O–H groups in total. The fourth-order valence-corrected chi connectivity index (χ4v) is 8.06. The molecular formula is C25H35ClO4. The van der Waals surface area contributed by atoms with E-state index in [9.17, 15) is 14.4 Å². The van der Waals surface area contributed by atoms with Crippen LogP contribution in [0.5, 0.6) is 0 Å². The molecule has 0 aromatic carbocycles. The minimum absolute atomic E-state index is 0.0551. The zero-order valence-corrected chi connectivity index (χ0v) is 19.5. The number of rotatable bonds is 4. The van der Waals surface area contributed by atoms with Crippen molar-refractivity contribution in [2.75, 3.05) is 5.88 Å². The van der Waals surface area contributed by atoms with Crippen molar-refractivity contribution >= 4 is 29.1 Å². The van der Waals surface area contributed by atoms with Crippen LogP contribution in [0, 0.1) is 34.5 Å². The first kappa shape index (κ1) is 22.0. The largest absolute Gasteiger partial charge is 0.450 e. The van der Waals surface area contributed by atoms with Gasteiger partial charge in [-0.1, -0.05) is 39.3 Å². The van der Waals surface area contributed by atoms with E-state index in [0.29, 0.717) is 36.4 Å². The summed E-state index contributed by atoms with van der Waals surface area (Å²) in [5.41, 5.74) is 0.0141. The van der Waals surface area contributed by atoms with Crippen LogP contribution in [0.25, 0.3) is 0 Å². The van der Waals surface area contributed by atoms with Crippen molar-refractivity contribution in [3.05, 3.63) is 11.6 Å². The fourth-order valence-electron chi connectivity index (χ4n) is 7.87. The quantitative estimate of drug-likeness (QED) is 0.344. The van der Waals surface area contributed by atoms with Crippen LogP contribution in [0.2, 0.25) is 0 Å². The van der Waals surface area contributed by atoms with Gasteiger partial charge in [-0.2, -0.15) is 0 Å². The Morgan fingerprint density at radius 2 is 2.00 bits per heavy atom. The van der Waals surface area contributed by atoms with Crippen LogP contribution in [0.3, 0.4) is 0 Å². The van der Waals surface area contributed by atoms with Crippen molar-refractivity contribution in [3.63, 3.8) is 0 Å². The number of fused-ring (bicyclic) bond motifs is 5. The van der Waals surface area contributed by atoms with Crippen molar-refractivity contribution in [2.45, 2.75) is 84.7 Å². The van der Waals surface area contributed by atoms with Gasteiger partial charge in [0.05, 0.1) is 5.88 Å². The minimum Gasteiger partial charge on any atom is -0.450 e. The van der Waals surface area contributed by atoms with Crippen LogP contribution in [0.4, 0.5) is 0 Å². The highest BCUT2D eigenvalue weighted by Crippen LogP contribution is 2.68. The second kappa shape index (κ2) is 7.46. The Labute approximate surface area is 185 Å². The summed E-state index contributed by atoms with van der Waals surface area (Å²) in [4.78, 5) is 37.8. The molecule has 4 nitrogen and oxygen atoms in total. The Balaban J connectivity index is 1.77. The van der Waals surface area contributed by atoms with Gasteiger partial charge in [0.15, 0.2) is 11.4 Å². The highest BCUT2D eigenvalue weighted by molar-refractivity contribution is 6.29. The van der Waals surface area contributed by atoms with Crippen LogP contribution < -0.4 is 0 Å². The molecule has 0 aliphatic heterocycles. The molecule has 30 heavy (non-hydrogen) atoms. The lowest BCUT2D eigenvalue weighted by Crippen LogP contribution is -2.59. The number of carbonyl (C=O) groups is 3. The van der Waals surface area contributed by atoms with Crippen LogP contribution in [-0.4, -0.2) is 29.0 Å². The molecule has 4 aliphatic carbocycles. The van der Waals surface area contributed by atoms with Crippen molar-refractivity contribution in [1.29, 1.82) is 0 Å². The molecule has 0 amide bonds. The molecule has 0 aromatic rings. The van der Waals surface area contributed by atoms with E-state index in [-0.39, 0.29) is 35.4 Å². The number of ketones is 2. The van der Waals surface area contributed by atoms with Gasteiger partial charge < -0.3 is 4.74 Å². The average Bonchev–Trinajstić information content (AvgIpc) is 2.95. The highest BCUT2D eigenvalue weighted by atomic mass is 35.5. The molecule has 0 radical (unpaired) electrons. The minimum atomic E-state index is -1.14. The molecule has 0 bridgehead atoms. The Morgan fingerprint density at radius 1 is 1.27 bits per heavy atom. The average molecular weight is 435 g/mol. The first-order chi connectivity index (χ1) is 14.1. The number of halogens is 1. The number of hydrogen-bond donors (Lipinski definition) is 0. The van der Waals surface area contributed by atoms with E-state index in [1.54, 1.807) is 6.92 Å². The van der Waals surface area contributed by atoms with Crippen LogP contribution in [-0.2, 0) is 19.1 Å². The number of alkyl halides is 1. The predicted octanol–water partition coefficient (Wildman–Crippen LogP) is 5.26. The number of carbonyl (C=O) groups excluding carboxylic acids is 3. The molecule has 3 saturated carbocycles. The Kier molecular flexibility index (Phi) is 5.48. The van der Waals surface area contributed by atoms with Gasteiger partial charge in [-0.25, -0.2) is 0 Å². The molecule has 4 aliphatic rings. The van der Waals surface area contributed by atoms with Gasteiger partial charge in [0.1, 0.15) is 5.78 Å². The van der Waals surface area contributed by atoms with E-state index >= 15 is 0 Å². The lowest BCUT2D eigenvalue weighted by molar-refractivity contribution is -0.187. The summed E-state index contributed by atoms with van der Waals surface area (Å²) in [6.07, 6.45) is 8.66. The third-order valence-electron chi connectivity index (χ3n) is 9.48. The lowest BCUT2D eigenvalue weighted by Gasteiger charge is -2.57. The standard InChI is InChI=1S/C25H35ClO4/c1-5-22(29)30-25(21(28)14-26)15(2)12-20-18-7-6-16-13-17(27)8-10-23(16,3)19(18)9-11-24(20,25)4/h9,15-16,18,20H,5-8,10-14H2,1-4H3/t15-,16-,18+,20-,23-,24-,25+/m0/s1. The second-order valence-corrected chi connectivity index (χ2v) is 11.0. The number of Topliss-reactive ketones (excluding diaryl/α,β-unsaturated/α-hetero) is 2. The van der Waals surface area contributed by atoms with Crippen molar-refractivity contribution < 1.29 is 19.1 Å². The van der Waals surface area contributed by atoms with E-state index < -0.39 is 11.0 Å². The third kappa shape index (κ3) is 2.81. The lowest BCUT2D eigenvalue weighted by atomic mass is 9.48. The summed E-state index contributed by atoms with van der Waals surface area (Å²) in [6.45, 7) is 8.34. The molecule has 0 spiro atoms. The van der Waals surface area contributed by atoms with Crippen molar-refractivity contribution in [3.8, 4) is 0 Å². The van der Waals surface area contributed by atoms with Crippen LogP contribution in [0.1, 0.15) is 79.1 Å². The Hall–Kier alpha value is -1.16. The van der Waals surface area contributed by atoms with E-state index in [1.807, 2.05) is 0 Å². The Bertz CT molecular complexity index is 803. The van der Waals surface area contributed by atoms with Gasteiger partial charge in [0, 0.05) is 30.6 Å². The summed E-state index contributed by atoms with van der Waals surface area (Å²) < 4.78 is 6.06. The first-order valence-corrected chi connectivity index (χ1v) is 12.2.